The third-order valence-corrected chi connectivity index (χ3v) is 3.81. The van der Waals surface area contributed by atoms with Crippen LogP contribution in [0.2, 0.25) is 0 Å². The molecule has 1 saturated carbocycles. The van der Waals surface area contributed by atoms with Gasteiger partial charge in [-0.15, -0.1) is 0 Å². The first kappa shape index (κ1) is 16.1. The van der Waals surface area contributed by atoms with Gasteiger partial charge in [0.2, 0.25) is 0 Å². The highest BCUT2D eigenvalue weighted by Gasteiger charge is 2.28. The summed E-state index contributed by atoms with van der Waals surface area (Å²) in [5, 5.41) is 3.35. The molecular formula is C17H30N4. The summed E-state index contributed by atoms with van der Waals surface area (Å²) in [4.78, 5) is 12.0. The molecule has 1 fully saturated rings. The molecule has 0 radical (unpaired) electrons. The summed E-state index contributed by atoms with van der Waals surface area (Å²) in [7, 11) is 0. The Kier molecular flexibility index (Phi) is 4.74. The minimum absolute atomic E-state index is 0.0393. The van der Waals surface area contributed by atoms with Crippen molar-refractivity contribution in [3.05, 3.63) is 11.9 Å². The minimum Gasteiger partial charge on any atom is -0.370 e. The molecular weight excluding hydrogens is 260 g/mol. The van der Waals surface area contributed by atoms with Gasteiger partial charge in [0, 0.05) is 30.6 Å². The molecule has 1 aliphatic rings. The minimum atomic E-state index is -0.0393. The number of anilines is 2. The summed E-state index contributed by atoms with van der Waals surface area (Å²) < 4.78 is 0. The van der Waals surface area contributed by atoms with E-state index in [2.05, 4.69) is 62.8 Å². The Morgan fingerprint density at radius 1 is 1.29 bits per heavy atom. The molecule has 21 heavy (non-hydrogen) atoms. The smallest absolute Gasteiger partial charge is 0.138 e. The number of rotatable bonds is 6. The van der Waals surface area contributed by atoms with Gasteiger partial charge in [0.1, 0.15) is 17.5 Å². The molecule has 0 bridgehead atoms. The third kappa shape index (κ3) is 4.32. The van der Waals surface area contributed by atoms with Crippen LogP contribution in [0.3, 0.4) is 0 Å². The Balaban J connectivity index is 2.36. The maximum Gasteiger partial charge on any atom is 0.138 e. The van der Waals surface area contributed by atoms with E-state index in [-0.39, 0.29) is 5.41 Å². The van der Waals surface area contributed by atoms with Gasteiger partial charge in [-0.05, 0) is 39.5 Å². The quantitative estimate of drug-likeness (QED) is 0.864. The van der Waals surface area contributed by atoms with E-state index in [4.69, 9.17) is 4.98 Å². The molecule has 0 spiro atoms. The highest BCUT2D eigenvalue weighted by Crippen LogP contribution is 2.33. The second-order valence-electron chi connectivity index (χ2n) is 7.40. The zero-order chi connectivity index (χ0) is 15.6. The second kappa shape index (κ2) is 6.20. The molecule has 1 heterocycles. The highest BCUT2D eigenvalue weighted by atomic mass is 15.2. The fourth-order valence-electron chi connectivity index (χ4n) is 2.34. The van der Waals surface area contributed by atoms with Crippen molar-refractivity contribution in [2.45, 2.75) is 65.8 Å². The average molecular weight is 290 g/mol. The van der Waals surface area contributed by atoms with Gasteiger partial charge in [0.15, 0.2) is 0 Å². The molecule has 0 amide bonds. The van der Waals surface area contributed by atoms with E-state index in [9.17, 15) is 0 Å². The van der Waals surface area contributed by atoms with Crippen molar-refractivity contribution < 1.29 is 0 Å². The molecule has 0 aromatic carbocycles. The molecule has 0 unspecified atom stereocenters. The van der Waals surface area contributed by atoms with Crippen LogP contribution in [0.15, 0.2) is 6.07 Å². The summed E-state index contributed by atoms with van der Waals surface area (Å²) in [6.45, 7) is 15.1. The molecule has 1 aromatic heterocycles. The van der Waals surface area contributed by atoms with E-state index in [0.717, 1.165) is 36.5 Å². The number of aromatic nitrogens is 2. The molecule has 0 saturated heterocycles. The van der Waals surface area contributed by atoms with Crippen molar-refractivity contribution in [1.29, 1.82) is 0 Å². The Bertz CT molecular complexity index is 472. The first-order valence-corrected chi connectivity index (χ1v) is 8.21. The van der Waals surface area contributed by atoms with Crippen LogP contribution in [0.5, 0.6) is 0 Å². The molecule has 0 aliphatic heterocycles. The van der Waals surface area contributed by atoms with Crippen LogP contribution >= 0.6 is 0 Å². The zero-order valence-electron chi connectivity index (χ0n) is 14.4. The van der Waals surface area contributed by atoms with E-state index in [1.165, 1.54) is 12.8 Å². The van der Waals surface area contributed by atoms with Crippen LogP contribution < -0.4 is 10.2 Å². The van der Waals surface area contributed by atoms with Crippen LogP contribution in [0.25, 0.3) is 0 Å². The van der Waals surface area contributed by atoms with E-state index in [0.29, 0.717) is 6.04 Å². The van der Waals surface area contributed by atoms with Crippen LogP contribution in [-0.2, 0) is 5.41 Å². The fraction of sp³-hybridized carbons (Fsp3) is 0.765. The topological polar surface area (TPSA) is 41.0 Å². The van der Waals surface area contributed by atoms with Crippen molar-refractivity contribution in [2.75, 3.05) is 23.3 Å². The van der Waals surface area contributed by atoms with E-state index in [1.807, 2.05) is 0 Å². The Morgan fingerprint density at radius 3 is 2.43 bits per heavy atom. The summed E-state index contributed by atoms with van der Waals surface area (Å²) >= 11 is 0. The van der Waals surface area contributed by atoms with Crippen LogP contribution in [0.4, 0.5) is 11.6 Å². The molecule has 118 valence electrons. The van der Waals surface area contributed by atoms with Crippen molar-refractivity contribution in [3.63, 3.8) is 0 Å². The highest BCUT2D eigenvalue weighted by molar-refractivity contribution is 5.50. The standard InChI is InChI=1S/C17H30N4/c1-7-18-14-10-15(20-16(19-14)17(4,5)6)21(12(2)3)11-13-8-9-13/h10,12-13H,7-9,11H2,1-6H3,(H,18,19,20). The predicted octanol–water partition coefficient (Wildman–Crippen LogP) is 3.83. The average Bonchev–Trinajstić information content (AvgIpc) is 3.18. The molecule has 1 aromatic rings. The summed E-state index contributed by atoms with van der Waals surface area (Å²) in [5.74, 6) is 3.77. The largest absolute Gasteiger partial charge is 0.370 e. The second-order valence-corrected chi connectivity index (χ2v) is 7.40. The van der Waals surface area contributed by atoms with E-state index < -0.39 is 0 Å². The van der Waals surface area contributed by atoms with Crippen LogP contribution in [0, 0.1) is 5.92 Å². The number of hydrogen-bond donors (Lipinski definition) is 1. The molecule has 0 atom stereocenters. The maximum atomic E-state index is 4.86. The first-order valence-electron chi connectivity index (χ1n) is 8.21. The van der Waals surface area contributed by atoms with Crippen molar-refractivity contribution in [1.82, 2.24) is 9.97 Å². The van der Waals surface area contributed by atoms with Gasteiger partial charge in [-0.25, -0.2) is 9.97 Å². The lowest BCUT2D eigenvalue weighted by atomic mass is 9.95. The number of nitrogens with one attached hydrogen (secondary N) is 1. The summed E-state index contributed by atoms with van der Waals surface area (Å²) in [5.41, 5.74) is -0.0393. The van der Waals surface area contributed by atoms with Gasteiger partial charge >= 0.3 is 0 Å². The summed E-state index contributed by atoms with van der Waals surface area (Å²) in [6, 6.07) is 2.56. The third-order valence-electron chi connectivity index (χ3n) is 3.81. The first-order chi connectivity index (χ1) is 9.81. The SMILES string of the molecule is CCNc1cc(N(CC2CC2)C(C)C)nc(C(C)(C)C)n1. The van der Waals surface area contributed by atoms with Gasteiger partial charge in [0.05, 0.1) is 0 Å². The lowest BCUT2D eigenvalue weighted by Gasteiger charge is -2.30. The van der Waals surface area contributed by atoms with E-state index >= 15 is 0 Å². The van der Waals surface area contributed by atoms with Crippen LogP contribution in [-0.4, -0.2) is 29.1 Å². The monoisotopic (exact) mass is 290 g/mol. The molecule has 1 aliphatic carbocycles. The molecule has 4 nitrogen and oxygen atoms in total. The molecule has 1 N–H and O–H groups in total. The number of hydrogen-bond acceptors (Lipinski definition) is 4. The lowest BCUT2D eigenvalue weighted by molar-refractivity contribution is 0.541. The maximum absolute atomic E-state index is 4.86. The summed E-state index contributed by atoms with van der Waals surface area (Å²) in [6.07, 6.45) is 2.72. The number of nitrogens with zero attached hydrogens (tertiary/aromatic N) is 3. The molecule has 4 heteroatoms. The van der Waals surface area contributed by atoms with Gasteiger partial charge < -0.3 is 10.2 Å². The van der Waals surface area contributed by atoms with E-state index in [1.54, 1.807) is 0 Å². The van der Waals surface area contributed by atoms with Gasteiger partial charge in [0.25, 0.3) is 0 Å². The van der Waals surface area contributed by atoms with Gasteiger partial charge in [-0.1, -0.05) is 20.8 Å². The van der Waals surface area contributed by atoms with Gasteiger partial charge in [-0.3, -0.25) is 0 Å². The van der Waals surface area contributed by atoms with Crippen molar-refractivity contribution in [2.24, 2.45) is 5.92 Å². The lowest BCUT2D eigenvalue weighted by Crippen LogP contribution is -2.34. The van der Waals surface area contributed by atoms with Crippen molar-refractivity contribution in [3.8, 4) is 0 Å². The zero-order valence-corrected chi connectivity index (χ0v) is 14.4. The Hall–Kier alpha value is -1.32. The normalized spacial score (nSPS) is 15.4. The van der Waals surface area contributed by atoms with Crippen molar-refractivity contribution >= 4 is 11.6 Å². The fourth-order valence-corrected chi connectivity index (χ4v) is 2.34. The van der Waals surface area contributed by atoms with Crippen LogP contribution in [0.1, 0.15) is 60.2 Å². The Labute approximate surface area is 129 Å². The van der Waals surface area contributed by atoms with Gasteiger partial charge in [-0.2, -0.15) is 0 Å². The Morgan fingerprint density at radius 2 is 1.95 bits per heavy atom. The predicted molar refractivity (Wildman–Crippen MR) is 90.1 cm³/mol. The molecule has 2 rings (SSSR count).